The minimum absolute atomic E-state index is 0.289. The van der Waals surface area contributed by atoms with Crippen LogP contribution in [0.15, 0.2) is 12.1 Å². The molecule has 2 unspecified atom stereocenters. The van der Waals surface area contributed by atoms with Crippen molar-refractivity contribution in [2.24, 2.45) is 0 Å². The highest BCUT2D eigenvalue weighted by Gasteiger charge is 2.06. The Kier molecular flexibility index (Phi) is 5.29. The van der Waals surface area contributed by atoms with Gasteiger partial charge in [0.2, 0.25) is 0 Å². The summed E-state index contributed by atoms with van der Waals surface area (Å²) in [5, 5.41) is 3.47. The molecule has 2 nitrogen and oxygen atoms in total. The molecule has 0 aliphatic heterocycles. The first-order valence-corrected chi connectivity index (χ1v) is 6.25. The van der Waals surface area contributed by atoms with E-state index < -0.39 is 0 Å². The quantitative estimate of drug-likeness (QED) is 0.806. The van der Waals surface area contributed by atoms with E-state index >= 15 is 0 Å². The Balaban J connectivity index is 2.27. The maximum absolute atomic E-state index is 5.19. The van der Waals surface area contributed by atoms with Crippen molar-refractivity contribution in [2.45, 2.75) is 39.3 Å². The van der Waals surface area contributed by atoms with Gasteiger partial charge < -0.3 is 10.1 Å². The predicted octanol–water partition coefficient (Wildman–Crippen LogP) is 2.61. The lowest BCUT2D eigenvalue weighted by Gasteiger charge is -2.16. The second-order valence-electron chi connectivity index (χ2n) is 4.07. The van der Waals surface area contributed by atoms with Crippen molar-refractivity contribution in [3.63, 3.8) is 0 Å². The lowest BCUT2D eigenvalue weighted by Crippen LogP contribution is -2.34. The van der Waals surface area contributed by atoms with Crippen LogP contribution in [0.3, 0.4) is 0 Å². The molecule has 0 radical (unpaired) electrons. The number of methoxy groups -OCH3 is 1. The zero-order valence-electron chi connectivity index (χ0n) is 10.0. The van der Waals surface area contributed by atoms with Gasteiger partial charge in [-0.3, -0.25) is 0 Å². The number of ether oxygens (including phenoxy) is 1. The third-order valence-electron chi connectivity index (χ3n) is 2.46. The Hall–Kier alpha value is -0.380. The molecule has 2 atom stereocenters. The van der Waals surface area contributed by atoms with Gasteiger partial charge in [-0.05, 0) is 39.3 Å². The van der Waals surface area contributed by atoms with Gasteiger partial charge in [-0.2, -0.15) is 0 Å². The third-order valence-corrected chi connectivity index (χ3v) is 3.48. The van der Waals surface area contributed by atoms with E-state index in [1.807, 2.05) is 11.3 Å². The zero-order chi connectivity index (χ0) is 11.3. The van der Waals surface area contributed by atoms with Crippen LogP contribution in [0.4, 0.5) is 0 Å². The van der Waals surface area contributed by atoms with Crippen LogP contribution in [0.1, 0.15) is 23.6 Å². The van der Waals surface area contributed by atoms with Gasteiger partial charge in [0, 0.05) is 29.5 Å². The fourth-order valence-corrected chi connectivity index (χ4v) is 2.44. The first kappa shape index (κ1) is 12.7. The summed E-state index contributed by atoms with van der Waals surface area (Å²) < 4.78 is 5.19. The van der Waals surface area contributed by atoms with E-state index in [1.54, 1.807) is 7.11 Å². The van der Waals surface area contributed by atoms with Gasteiger partial charge in [0.25, 0.3) is 0 Å². The molecule has 0 amide bonds. The maximum atomic E-state index is 5.19. The molecule has 3 heteroatoms. The van der Waals surface area contributed by atoms with Crippen LogP contribution in [0, 0.1) is 6.92 Å². The fraction of sp³-hybridized carbons (Fsp3) is 0.667. The number of nitrogens with one attached hydrogen (secondary N) is 1. The normalized spacial score (nSPS) is 15.2. The molecular formula is C12H21NOS. The molecule has 1 rings (SSSR count). The monoisotopic (exact) mass is 227 g/mol. The standard InChI is InChI=1S/C12H21NOS/c1-9(13-8-10(2)14-4)7-12-6-5-11(3)15-12/h5-6,9-10,13H,7-8H2,1-4H3. The number of rotatable bonds is 6. The molecule has 0 aromatic carbocycles. The van der Waals surface area contributed by atoms with Gasteiger partial charge >= 0.3 is 0 Å². The molecule has 0 aliphatic carbocycles. The van der Waals surface area contributed by atoms with E-state index in [2.05, 4.69) is 38.2 Å². The molecule has 1 heterocycles. The fourth-order valence-electron chi connectivity index (χ4n) is 1.42. The Labute approximate surface area is 96.7 Å². The van der Waals surface area contributed by atoms with Crippen molar-refractivity contribution in [2.75, 3.05) is 13.7 Å². The predicted molar refractivity (Wildman–Crippen MR) is 66.7 cm³/mol. The summed E-state index contributed by atoms with van der Waals surface area (Å²) in [6.45, 7) is 7.37. The van der Waals surface area contributed by atoms with Gasteiger partial charge in [-0.15, -0.1) is 11.3 Å². The lowest BCUT2D eigenvalue weighted by atomic mass is 10.2. The third kappa shape index (κ3) is 4.78. The van der Waals surface area contributed by atoms with Crippen LogP contribution < -0.4 is 5.32 Å². The van der Waals surface area contributed by atoms with Crippen LogP contribution in [-0.2, 0) is 11.2 Å². The molecule has 1 aromatic rings. The van der Waals surface area contributed by atoms with Gasteiger partial charge in [-0.1, -0.05) is 0 Å². The Morgan fingerprint density at radius 2 is 2.13 bits per heavy atom. The Morgan fingerprint density at radius 1 is 1.40 bits per heavy atom. The molecule has 15 heavy (non-hydrogen) atoms. The maximum Gasteiger partial charge on any atom is 0.0667 e. The van der Waals surface area contributed by atoms with Crippen molar-refractivity contribution in [1.29, 1.82) is 0 Å². The SMILES string of the molecule is COC(C)CNC(C)Cc1ccc(C)s1. The molecule has 0 saturated heterocycles. The van der Waals surface area contributed by atoms with Gasteiger partial charge in [0.15, 0.2) is 0 Å². The summed E-state index contributed by atoms with van der Waals surface area (Å²) in [6.07, 6.45) is 1.40. The largest absolute Gasteiger partial charge is 0.380 e. The van der Waals surface area contributed by atoms with Crippen molar-refractivity contribution in [3.8, 4) is 0 Å². The molecule has 0 saturated carbocycles. The average molecular weight is 227 g/mol. The second-order valence-corrected chi connectivity index (χ2v) is 5.44. The molecule has 0 bridgehead atoms. The smallest absolute Gasteiger partial charge is 0.0667 e. The molecule has 1 N–H and O–H groups in total. The molecular weight excluding hydrogens is 206 g/mol. The molecule has 86 valence electrons. The highest BCUT2D eigenvalue weighted by atomic mass is 32.1. The van der Waals surface area contributed by atoms with Crippen LogP contribution in [0.5, 0.6) is 0 Å². The second kappa shape index (κ2) is 6.26. The van der Waals surface area contributed by atoms with Crippen molar-refractivity contribution in [3.05, 3.63) is 21.9 Å². The van der Waals surface area contributed by atoms with Crippen LogP contribution >= 0.6 is 11.3 Å². The summed E-state index contributed by atoms with van der Waals surface area (Å²) in [5.74, 6) is 0. The van der Waals surface area contributed by atoms with E-state index in [0.29, 0.717) is 6.04 Å². The molecule has 0 spiro atoms. The van der Waals surface area contributed by atoms with Crippen LogP contribution in [0.25, 0.3) is 0 Å². The van der Waals surface area contributed by atoms with Crippen molar-refractivity contribution in [1.82, 2.24) is 5.32 Å². The van der Waals surface area contributed by atoms with Gasteiger partial charge in [-0.25, -0.2) is 0 Å². The highest BCUT2D eigenvalue weighted by Crippen LogP contribution is 2.16. The van der Waals surface area contributed by atoms with Gasteiger partial charge in [0.1, 0.15) is 0 Å². The first-order valence-electron chi connectivity index (χ1n) is 5.43. The number of thiophene rings is 1. The summed E-state index contributed by atoms with van der Waals surface area (Å²) in [6, 6.07) is 4.92. The summed E-state index contributed by atoms with van der Waals surface area (Å²) in [4.78, 5) is 2.85. The van der Waals surface area contributed by atoms with E-state index in [9.17, 15) is 0 Å². The van der Waals surface area contributed by atoms with E-state index in [4.69, 9.17) is 4.74 Å². The zero-order valence-corrected chi connectivity index (χ0v) is 10.9. The summed E-state index contributed by atoms with van der Waals surface area (Å²) in [7, 11) is 1.75. The minimum atomic E-state index is 0.289. The topological polar surface area (TPSA) is 21.3 Å². The average Bonchev–Trinajstić information content (AvgIpc) is 2.60. The molecule has 0 aliphatic rings. The van der Waals surface area contributed by atoms with E-state index in [0.717, 1.165) is 13.0 Å². The lowest BCUT2D eigenvalue weighted by molar-refractivity contribution is 0.115. The summed E-state index contributed by atoms with van der Waals surface area (Å²) in [5.41, 5.74) is 0. The Morgan fingerprint density at radius 3 is 2.67 bits per heavy atom. The number of aryl methyl sites for hydroxylation is 1. The number of hydrogen-bond acceptors (Lipinski definition) is 3. The van der Waals surface area contributed by atoms with Gasteiger partial charge in [0.05, 0.1) is 6.10 Å². The van der Waals surface area contributed by atoms with Crippen LogP contribution in [-0.4, -0.2) is 25.8 Å². The Bertz CT molecular complexity index is 285. The van der Waals surface area contributed by atoms with Crippen molar-refractivity contribution >= 4 is 11.3 Å². The highest BCUT2D eigenvalue weighted by molar-refractivity contribution is 7.11. The summed E-state index contributed by atoms with van der Waals surface area (Å²) >= 11 is 1.88. The minimum Gasteiger partial charge on any atom is -0.380 e. The van der Waals surface area contributed by atoms with E-state index in [-0.39, 0.29) is 6.10 Å². The van der Waals surface area contributed by atoms with Crippen LogP contribution in [0.2, 0.25) is 0 Å². The molecule has 0 fully saturated rings. The molecule has 1 aromatic heterocycles. The van der Waals surface area contributed by atoms with E-state index in [1.165, 1.54) is 9.75 Å². The van der Waals surface area contributed by atoms with Crippen molar-refractivity contribution < 1.29 is 4.74 Å². The first-order chi connectivity index (χ1) is 7.11. The number of hydrogen-bond donors (Lipinski definition) is 1.